The molecule has 1 aromatic heterocycles. The third-order valence-electron chi connectivity index (χ3n) is 4.44. The van der Waals surface area contributed by atoms with Gasteiger partial charge in [-0.2, -0.15) is 0 Å². The van der Waals surface area contributed by atoms with Crippen molar-refractivity contribution in [3.05, 3.63) is 65.9 Å². The van der Waals surface area contributed by atoms with E-state index >= 15 is 0 Å². The Morgan fingerprint density at radius 1 is 1.12 bits per heavy atom. The molecule has 1 fully saturated rings. The molecule has 5 heteroatoms. The summed E-state index contributed by atoms with van der Waals surface area (Å²) in [7, 11) is 0. The zero-order valence-electron chi connectivity index (χ0n) is 13.5. The zero-order chi connectivity index (χ0) is 17.2. The van der Waals surface area contributed by atoms with Crippen LogP contribution in [0.2, 0.25) is 0 Å². The van der Waals surface area contributed by atoms with Gasteiger partial charge in [-0.05, 0) is 30.2 Å². The summed E-state index contributed by atoms with van der Waals surface area (Å²) in [6.07, 6.45) is 2.44. The smallest absolute Gasteiger partial charge is 0.234 e. The van der Waals surface area contributed by atoms with E-state index in [1.165, 1.54) is 0 Å². The third kappa shape index (κ3) is 3.13. The van der Waals surface area contributed by atoms with Gasteiger partial charge in [0.25, 0.3) is 0 Å². The molecule has 2 amide bonds. The van der Waals surface area contributed by atoms with E-state index < -0.39 is 0 Å². The third-order valence-corrected chi connectivity index (χ3v) is 4.44. The van der Waals surface area contributed by atoms with E-state index in [-0.39, 0.29) is 17.7 Å². The summed E-state index contributed by atoms with van der Waals surface area (Å²) in [5, 5.41) is 3.24. The second-order valence-electron chi connectivity index (χ2n) is 6.13. The summed E-state index contributed by atoms with van der Waals surface area (Å²) in [4.78, 5) is 23.5. The minimum absolute atomic E-state index is 0.221. The largest absolute Gasteiger partial charge is 0.489 e. The molecule has 1 aliphatic rings. The standard InChI is InChI=1S/C20H17NO4/c22-19-9-7-15(20(23)21-19)17-12-25-18-8-6-14(10-16(17)18)24-11-13-4-2-1-3-5-13/h1-6,8,10,12,15H,7,9,11H2,(H,21,22,23). The van der Waals surface area contributed by atoms with Crippen LogP contribution in [-0.4, -0.2) is 11.8 Å². The Bertz CT molecular complexity index is 929. The van der Waals surface area contributed by atoms with Crippen molar-refractivity contribution in [2.75, 3.05) is 0 Å². The number of hydrogen-bond donors (Lipinski definition) is 1. The molecular weight excluding hydrogens is 318 g/mol. The highest BCUT2D eigenvalue weighted by Crippen LogP contribution is 2.34. The highest BCUT2D eigenvalue weighted by atomic mass is 16.5. The van der Waals surface area contributed by atoms with Gasteiger partial charge in [0.05, 0.1) is 12.2 Å². The highest BCUT2D eigenvalue weighted by Gasteiger charge is 2.30. The maximum Gasteiger partial charge on any atom is 0.234 e. The maximum atomic E-state index is 12.1. The molecule has 2 heterocycles. The van der Waals surface area contributed by atoms with Crippen LogP contribution in [-0.2, 0) is 16.2 Å². The van der Waals surface area contributed by atoms with Gasteiger partial charge in [0.2, 0.25) is 11.8 Å². The van der Waals surface area contributed by atoms with Crippen LogP contribution in [0.4, 0.5) is 0 Å². The number of furan rings is 1. The van der Waals surface area contributed by atoms with Crippen molar-refractivity contribution >= 4 is 22.8 Å². The van der Waals surface area contributed by atoms with Gasteiger partial charge in [0, 0.05) is 17.4 Å². The molecule has 0 aliphatic carbocycles. The van der Waals surface area contributed by atoms with Crippen LogP contribution >= 0.6 is 0 Å². The molecule has 1 saturated heterocycles. The first-order valence-electron chi connectivity index (χ1n) is 8.22. The number of piperidine rings is 1. The van der Waals surface area contributed by atoms with Crippen LogP contribution in [0.3, 0.4) is 0 Å². The normalized spacial score (nSPS) is 17.5. The van der Waals surface area contributed by atoms with Crippen LogP contribution < -0.4 is 10.1 Å². The lowest BCUT2D eigenvalue weighted by Crippen LogP contribution is -2.39. The number of nitrogens with one attached hydrogen (secondary N) is 1. The lowest BCUT2D eigenvalue weighted by Gasteiger charge is -2.19. The molecule has 1 aliphatic heterocycles. The van der Waals surface area contributed by atoms with Crippen molar-refractivity contribution in [1.82, 2.24) is 5.32 Å². The van der Waals surface area contributed by atoms with Gasteiger partial charge in [0.15, 0.2) is 0 Å². The van der Waals surface area contributed by atoms with E-state index in [9.17, 15) is 9.59 Å². The minimum Gasteiger partial charge on any atom is -0.489 e. The topological polar surface area (TPSA) is 68.5 Å². The Kier molecular flexibility index (Phi) is 3.98. The van der Waals surface area contributed by atoms with Crippen molar-refractivity contribution in [3.8, 4) is 5.75 Å². The lowest BCUT2D eigenvalue weighted by atomic mass is 9.90. The van der Waals surface area contributed by atoms with Gasteiger partial charge in [-0.3, -0.25) is 14.9 Å². The van der Waals surface area contributed by atoms with Crippen LogP contribution in [0, 0.1) is 0 Å². The van der Waals surface area contributed by atoms with Gasteiger partial charge in [0.1, 0.15) is 17.9 Å². The van der Waals surface area contributed by atoms with Crippen LogP contribution in [0.5, 0.6) is 5.75 Å². The summed E-state index contributed by atoms with van der Waals surface area (Å²) in [5.74, 6) is -0.148. The molecule has 2 aromatic carbocycles. The summed E-state index contributed by atoms with van der Waals surface area (Å²) in [6.45, 7) is 0.470. The fourth-order valence-corrected chi connectivity index (χ4v) is 3.12. The Labute approximate surface area is 144 Å². The summed E-state index contributed by atoms with van der Waals surface area (Å²) < 4.78 is 11.4. The molecule has 0 bridgehead atoms. The Balaban J connectivity index is 1.59. The van der Waals surface area contributed by atoms with Crippen molar-refractivity contribution in [3.63, 3.8) is 0 Å². The Hall–Kier alpha value is -3.08. The monoisotopic (exact) mass is 335 g/mol. The van der Waals surface area contributed by atoms with Crippen LogP contribution in [0.15, 0.2) is 59.2 Å². The fraction of sp³-hybridized carbons (Fsp3) is 0.200. The van der Waals surface area contributed by atoms with Gasteiger partial charge in [-0.1, -0.05) is 30.3 Å². The van der Waals surface area contributed by atoms with Gasteiger partial charge >= 0.3 is 0 Å². The maximum absolute atomic E-state index is 12.1. The summed E-state index contributed by atoms with van der Waals surface area (Å²) >= 11 is 0. The van der Waals surface area contributed by atoms with Gasteiger partial charge in [-0.25, -0.2) is 0 Å². The van der Waals surface area contributed by atoms with E-state index in [1.54, 1.807) is 6.26 Å². The Morgan fingerprint density at radius 2 is 1.96 bits per heavy atom. The SMILES string of the molecule is O=C1CCC(c2coc3ccc(OCc4ccccc4)cc23)C(=O)N1. The zero-order valence-corrected chi connectivity index (χ0v) is 13.5. The van der Waals surface area contributed by atoms with Crippen LogP contribution in [0.25, 0.3) is 11.0 Å². The average molecular weight is 335 g/mol. The average Bonchev–Trinajstić information content (AvgIpc) is 3.04. The molecule has 0 spiro atoms. The number of benzene rings is 2. The first-order valence-corrected chi connectivity index (χ1v) is 8.22. The number of ether oxygens (including phenoxy) is 1. The molecule has 0 radical (unpaired) electrons. The minimum atomic E-state index is -0.372. The van der Waals surface area contributed by atoms with E-state index in [1.807, 2.05) is 48.5 Å². The van der Waals surface area contributed by atoms with Crippen molar-refractivity contribution in [2.45, 2.75) is 25.4 Å². The van der Waals surface area contributed by atoms with E-state index in [0.717, 1.165) is 16.5 Å². The van der Waals surface area contributed by atoms with Crippen molar-refractivity contribution < 1.29 is 18.7 Å². The summed E-state index contributed by atoms with van der Waals surface area (Å²) in [5.41, 5.74) is 2.58. The molecule has 25 heavy (non-hydrogen) atoms. The quantitative estimate of drug-likeness (QED) is 0.741. The number of fused-ring (bicyclic) bond motifs is 1. The number of amides is 2. The molecule has 5 nitrogen and oxygen atoms in total. The predicted molar refractivity (Wildman–Crippen MR) is 92.1 cm³/mol. The first-order chi connectivity index (χ1) is 12.2. The predicted octanol–water partition coefficient (Wildman–Crippen LogP) is 3.53. The second kappa shape index (κ2) is 6.43. The van der Waals surface area contributed by atoms with Gasteiger partial charge in [-0.15, -0.1) is 0 Å². The summed E-state index contributed by atoms with van der Waals surface area (Å²) in [6, 6.07) is 15.5. The van der Waals surface area contributed by atoms with Crippen molar-refractivity contribution in [1.29, 1.82) is 0 Å². The molecule has 3 aromatic rings. The Morgan fingerprint density at radius 3 is 2.76 bits per heavy atom. The van der Waals surface area contributed by atoms with Crippen molar-refractivity contribution in [2.24, 2.45) is 0 Å². The van der Waals surface area contributed by atoms with E-state index in [0.29, 0.717) is 30.8 Å². The number of rotatable bonds is 4. The van der Waals surface area contributed by atoms with E-state index in [2.05, 4.69) is 5.32 Å². The number of imide groups is 1. The molecule has 1 atom stereocenters. The second-order valence-corrected chi connectivity index (χ2v) is 6.13. The van der Waals surface area contributed by atoms with Gasteiger partial charge < -0.3 is 9.15 Å². The molecule has 0 saturated carbocycles. The number of carbonyl (C=O) groups excluding carboxylic acids is 2. The lowest BCUT2D eigenvalue weighted by molar-refractivity contribution is -0.134. The highest BCUT2D eigenvalue weighted by molar-refractivity contribution is 6.02. The molecule has 1 unspecified atom stereocenters. The molecule has 126 valence electrons. The number of hydrogen-bond acceptors (Lipinski definition) is 4. The molecule has 4 rings (SSSR count). The van der Waals surface area contributed by atoms with Crippen LogP contribution in [0.1, 0.15) is 29.9 Å². The fourth-order valence-electron chi connectivity index (χ4n) is 3.12. The number of carbonyl (C=O) groups is 2. The first kappa shape index (κ1) is 15.4. The molecule has 1 N–H and O–H groups in total. The van der Waals surface area contributed by atoms with E-state index in [4.69, 9.17) is 9.15 Å². The molecular formula is C20H17NO4.